The number of hydrazine groups is 1. The third-order valence-corrected chi connectivity index (χ3v) is 4.84. The lowest BCUT2D eigenvalue weighted by Gasteiger charge is -2.26. The average Bonchev–Trinajstić information content (AvgIpc) is 3.15. The molecule has 2 aromatic rings. The second kappa shape index (κ2) is 8.78. The van der Waals surface area contributed by atoms with Gasteiger partial charge in [0.1, 0.15) is 0 Å². The number of benzene rings is 1. The molecule has 1 aliphatic heterocycles. The second-order valence-corrected chi connectivity index (χ2v) is 6.59. The molecule has 1 aromatic carbocycles. The number of morpholine rings is 1. The number of anilines is 1. The number of hydrogen-bond donors (Lipinski definition) is 2. The Morgan fingerprint density at radius 1 is 1.33 bits per heavy atom. The predicted octanol–water partition coefficient (Wildman–Crippen LogP) is 1.13. The standard InChI is InChI=1S/C17H19FN4O4S/c1-25-14-3-2-11(8-13(14)18)16(24)21-20-15(23)9-12-10-27-17(19-12)22-4-6-26-7-5-22/h2-3,8,10H,4-7,9H2,1H3,(H,20,23)(H,21,24). The van der Waals surface area contributed by atoms with Crippen LogP contribution in [0.1, 0.15) is 16.1 Å². The van der Waals surface area contributed by atoms with E-state index < -0.39 is 17.6 Å². The SMILES string of the molecule is COc1ccc(C(=O)NNC(=O)Cc2csc(N3CCOCC3)n2)cc1F. The van der Waals surface area contributed by atoms with E-state index >= 15 is 0 Å². The van der Waals surface area contributed by atoms with Gasteiger partial charge in [0, 0.05) is 24.0 Å². The Kier molecular flexibility index (Phi) is 6.20. The fourth-order valence-electron chi connectivity index (χ4n) is 2.49. The van der Waals surface area contributed by atoms with E-state index in [0.29, 0.717) is 18.9 Å². The van der Waals surface area contributed by atoms with Crippen LogP contribution >= 0.6 is 11.3 Å². The van der Waals surface area contributed by atoms with Crippen LogP contribution in [0.5, 0.6) is 5.75 Å². The summed E-state index contributed by atoms with van der Waals surface area (Å²) in [5.74, 6) is -1.67. The van der Waals surface area contributed by atoms with Crippen molar-refractivity contribution in [2.45, 2.75) is 6.42 Å². The van der Waals surface area contributed by atoms with E-state index in [9.17, 15) is 14.0 Å². The molecule has 0 aliphatic carbocycles. The quantitative estimate of drug-likeness (QED) is 0.739. The molecule has 27 heavy (non-hydrogen) atoms. The normalized spacial score (nSPS) is 13.9. The maximum Gasteiger partial charge on any atom is 0.269 e. The number of carbonyl (C=O) groups is 2. The van der Waals surface area contributed by atoms with Crippen molar-refractivity contribution in [1.29, 1.82) is 0 Å². The molecule has 3 rings (SSSR count). The maximum atomic E-state index is 13.6. The molecule has 0 unspecified atom stereocenters. The predicted molar refractivity (Wildman–Crippen MR) is 97.4 cm³/mol. The van der Waals surface area contributed by atoms with Gasteiger partial charge in [-0.05, 0) is 18.2 Å². The molecule has 0 radical (unpaired) electrons. The lowest BCUT2D eigenvalue weighted by atomic mass is 10.2. The summed E-state index contributed by atoms with van der Waals surface area (Å²) < 4.78 is 23.7. The molecule has 0 spiro atoms. The van der Waals surface area contributed by atoms with Gasteiger partial charge in [0.05, 0.1) is 32.4 Å². The van der Waals surface area contributed by atoms with Crippen LogP contribution in [0.3, 0.4) is 0 Å². The average molecular weight is 394 g/mol. The van der Waals surface area contributed by atoms with E-state index in [1.54, 1.807) is 0 Å². The van der Waals surface area contributed by atoms with Crippen molar-refractivity contribution in [3.05, 3.63) is 40.7 Å². The van der Waals surface area contributed by atoms with Gasteiger partial charge in [-0.2, -0.15) is 0 Å². The number of aromatic nitrogens is 1. The van der Waals surface area contributed by atoms with Gasteiger partial charge in [-0.15, -0.1) is 11.3 Å². The van der Waals surface area contributed by atoms with Crippen LogP contribution in [0.2, 0.25) is 0 Å². The highest BCUT2D eigenvalue weighted by Gasteiger charge is 2.16. The zero-order valence-corrected chi connectivity index (χ0v) is 15.5. The fourth-order valence-corrected chi connectivity index (χ4v) is 3.37. The fraction of sp³-hybridized carbons (Fsp3) is 0.353. The molecule has 0 bridgehead atoms. The van der Waals surface area contributed by atoms with Crippen LogP contribution < -0.4 is 20.5 Å². The summed E-state index contributed by atoms with van der Waals surface area (Å²) in [5, 5.41) is 2.66. The number of thiazole rings is 1. The number of carbonyl (C=O) groups excluding carboxylic acids is 2. The molecule has 0 saturated carbocycles. The Hall–Kier alpha value is -2.72. The minimum absolute atomic E-state index is 0.0259. The van der Waals surface area contributed by atoms with E-state index in [1.165, 1.54) is 30.6 Å². The highest BCUT2D eigenvalue weighted by atomic mass is 32.1. The molecule has 8 nitrogen and oxygen atoms in total. The van der Waals surface area contributed by atoms with Gasteiger partial charge in [-0.25, -0.2) is 9.37 Å². The molecule has 1 saturated heterocycles. The molecule has 1 aromatic heterocycles. The van der Waals surface area contributed by atoms with Crippen molar-refractivity contribution < 1.29 is 23.5 Å². The second-order valence-electron chi connectivity index (χ2n) is 5.75. The molecular formula is C17H19FN4O4S. The van der Waals surface area contributed by atoms with E-state index in [2.05, 4.69) is 20.7 Å². The van der Waals surface area contributed by atoms with E-state index in [1.807, 2.05) is 5.38 Å². The first-order valence-corrected chi connectivity index (χ1v) is 9.14. The molecule has 2 N–H and O–H groups in total. The Balaban J connectivity index is 1.50. The van der Waals surface area contributed by atoms with Crippen LogP contribution in [-0.2, 0) is 16.0 Å². The summed E-state index contributed by atoms with van der Waals surface area (Å²) >= 11 is 1.46. The van der Waals surface area contributed by atoms with Crippen LogP contribution in [0, 0.1) is 5.82 Å². The zero-order chi connectivity index (χ0) is 19.2. The Morgan fingerprint density at radius 2 is 2.11 bits per heavy atom. The largest absolute Gasteiger partial charge is 0.494 e. The van der Waals surface area contributed by atoms with Gasteiger partial charge >= 0.3 is 0 Å². The first-order chi connectivity index (χ1) is 13.1. The van der Waals surface area contributed by atoms with Crippen LogP contribution in [0.4, 0.5) is 9.52 Å². The summed E-state index contributed by atoms with van der Waals surface area (Å²) in [6.45, 7) is 2.86. The number of nitrogens with zero attached hydrogens (tertiary/aromatic N) is 2. The highest BCUT2D eigenvalue weighted by molar-refractivity contribution is 7.13. The molecular weight excluding hydrogens is 375 g/mol. The van der Waals surface area contributed by atoms with Crippen molar-refractivity contribution in [2.75, 3.05) is 38.3 Å². The summed E-state index contributed by atoms with van der Waals surface area (Å²) in [5.41, 5.74) is 5.24. The number of ether oxygens (including phenoxy) is 2. The third kappa shape index (κ3) is 4.92. The Labute approximate surface area is 159 Å². The molecule has 1 aliphatic rings. The van der Waals surface area contributed by atoms with E-state index in [-0.39, 0.29) is 17.7 Å². The number of methoxy groups -OCH3 is 1. The van der Waals surface area contributed by atoms with E-state index in [4.69, 9.17) is 9.47 Å². The van der Waals surface area contributed by atoms with Gasteiger partial charge in [0.2, 0.25) is 5.91 Å². The monoisotopic (exact) mass is 394 g/mol. The summed E-state index contributed by atoms with van der Waals surface area (Å²) in [6, 6.07) is 3.78. The number of rotatable bonds is 5. The smallest absolute Gasteiger partial charge is 0.269 e. The Bertz CT molecular complexity index is 823. The molecule has 0 atom stereocenters. The zero-order valence-electron chi connectivity index (χ0n) is 14.7. The van der Waals surface area contributed by atoms with E-state index in [0.717, 1.165) is 24.3 Å². The number of hydrogen-bond acceptors (Lipinski definition) is 7. The first-order valence-electron chi connectivity index (χ1n) is 8.26. The number of amides is 2. The minimum Gasteiger partial charge on any atom is -0.494 e. The van der Waals surface area contributed by atoms with Gasteiger partial charge < -0.3 is 14.4 Å². The molecule has 2 heterocycles. The van der Waals surface area contributed by atoms with Crippen LogP contribution in [-0.4, -0.2) is 50.2 Å². The number of nitrogens with one attached hydrogen (secondary N) is 2. The van der Waals surface area contributed by atoms with Crippen molar-refractivity contribution in [3.63, 3.8) is 0 Å². The van der Waals surface area contributed by atoms with Crippen molar-refractivity contribution in [3.8, 4) is 5.75 Å². The van der Waals surface area contributed by atoms with Crippen molar-refractivity contribution in [2.24, 2.45) is 0 Å². The molecule has 2 amide bonds. The molecule has 10 heteroatoms. The molecule has 144 valence electrons. The first kappa shape index (κ1) is 19.1. The van der Waals surface area contributed by atoms with Crippen molar-refractivity contribution >= 4 is 28.3 Å². The van der Waals surface area contributed by atoms with Gasteiger partial charge in [0.15, 0.2) is 16.7 Å². The van der Waals surface area contributed by atoms with Gasteiger partial charge in [-0.1, -0.05) is 0 Å². The lowest BCUT2D eigenvalue weighted by molar-refractivity contribution is -0.121. The van der Waals surface area contributed by atoms with Crippen molar-refractivity contribution in [1.82, 2.24) is 15.8 Å². The summed E-state index contributed by atoms with van der Waals surface area (Å²) in [7, 11) is 1.33. The van der Waals surface area contributed by atoms with Crippen LogP contribution in [0.15, 0.2) is 23.6 Å². The minimum atomic E-state index is -0.658. The van der Waals surface area contributed by atoms with Gasteiger partial charge in [-0.3, -0.25) is 20.4 Å². The van der Waals surface area contributed by atoms with Gasteiger partial charge in [0.25, 0.3) is 5.91 Å². The van der Waals surface area contributed by atoms with Crippen LogP contribution in [0.25, 0.3) is 0 Å². The Morgan fingerprint density at radius 3 is 2.81 bits per heavy atom. The molecule has 1 fully saturated rings. The third-order valence-electron chi connectivity index (χ3n) is 3.89. The summed E-state index contributed by atoms with van der Waals surface area (Å²) in [6.07, 6.45) is 0.0259. The summed E-state index contributed by atoms with van der Waals surface area (Å²) in [4.78, 5) is 30.6. The topological polar surface area (TPSA) is 92.8 Å². The maximum absolute atomic E-state index is 13.6. The lowest BCUT2D eigenvalue weighted by Crippen LogP contribution is -2.42. The highest BCUT2D eigenvalue weighted by Crippen LogP contribution is 2.21. The number of halogens is 1.